The molecule has 0 fully saturated rings. The van der Waals surface area contributed by atoms with E-state index in [2.05, 4.69) is 98.1 Å². The van der Waals surface area contributed by atoms with Gasteiger partial charge in [0.1, 0.15) is 18.2 Å². The van der Waals surface area contributed by atoms with Crippen molar-refractivity contribution < 1.29 is 14.3 Å². The normalized spacial score (nSPS) is 14.6. The smallest absolute Gasteiger partial charge is 0.414 e. The largest absolute Gasteiger partial charge is 0.444 e. The molecule has 6 aromatic rings. The van der Waals surface area contributed by atoms with Gasteiger partial charge in [-0.25, -0.2) is 9.78 Å². The minimum absolute atomic E-state index is 0.113. The van der Waals surface area contributed by atoms with Crippen LogP contribution in [0.2, 0.25) is 0 Å². The third-order valence-electron chi connectivity index (χ3n) is 10.2. The Morgan fingerprint density at radius 2 is 1.20 bits per heavy atom. The second-order valence-electron chi connectivity index (χ2n) is 14.3. The molecule has 1 aliphatic rings. The van der Waals surface area contributed by atoms with Gasteiger partial charge in [-0.15, -0.1) is 0 Å². The molecule has 7 rings (SSSR count). The first kappa shape index (κ1) is 36.2. The van der Waals surface area contributed by atoms with Crippen molar-refractivity contribution in [2.24, 2.45) is 5.92 Å². The molecule has 1 aromatic heterocycles. The van der Waals surface area contributed by atoms with Gasteiger partial charge in [-0.1, -0.05) is 166 Å². The average Bonchev–Trinajstić information content (AvgIpc) is 3.57. The molecule has 272 valence electrons. The summed E-state index contributed by atoms with van der Waals surface area (Å²) in [6.07, 6.45) is 4.12. The maximum absolute atomic E-state index is 14.9. The Labute approximate surface area is 318 Å². The molecule has 0 bridgehead atoms. The zero-order valence-corrected chi connectivity index (χ0v) is 31.1. The molecule has 7 heteroatoms. The Balaban J connectivity index is 1.31. The van der Waals surface area contributed by atoms with E-state index in [4.69, 9.17) is 9.72 Å². The lowest BCUT2D eigenvalue weighted by Gasteiger charge is -2.40. The Morgan fingerprint density at radius 3 is 1.70 bits per heavy atom. The van der Waals surface area contributed by atoms with Crippen molar-refractivity contribution in [1.29, 1.82) is 0 Å². The number of hydrogen-bond donors (Lipinski definition) is 0. The average molecular weight is 715 g/mol. The lowest BCUT2D eigenvalue weighted by Crippen LogP contribution is -2.53. The Morgan fingerprint density at radius 1 is 0.722 bits per heavy atom. The molecule has 1 atom stereocenters. The third-order valence-corrected chi connectivity index (χ3v) is 10.2. The Kier molecular flexibility index (Phi) is 10.9. The van der Waals surface area contributed by atoms with Crippen LogP contribution in [0.3, 0.4) is 0 Å². The zero-order valence-electron chi connectivity index (χ0n) is 31.1. The minimum atomic E-state index is -0.800. The highest BCUT2D eigenvalue weighted by atomic mass is 16.6. The summed E-state index contributed by atoms with van der Waals surface area (Å²) in [5.41, 5.74) is 6.85. The summed E-state index contributed by atoms with van der Waals surface area (Å²) >= 11 is 0. The number of hydrogen-bond acceptors (Lipinski definition) is 4. The molecule has 0 saturated heterocycles. The van der Waals surface area contributed by atoms with Crippen molar-refractivity contribution in [2.75, 3.05) is 0 Å². The second-order valence-corrected chi connectivity index (χ2v) is 14.3. The molecule has 0 unspecified atom stereocenters. The highest BCUT2D eigenvalue weighted by Gasteiger charge is 2.42. The summed E-state index contributed by atoms with van der Waals surface area (Å²) in [6.45, 7) is 6.68. The maximum atomic E-state index is 14.9. The summed E-state index contributed by atoms with van der Waals surface area (Å²) < 4.78 is 8.08. The second kappa shape index (κ2) is 16.2. The third kappa shape index (κ3) is 7.35. The van der Waals surface area contributed by atoms with Gasteiger partial charge in [-0.05, 0) is 47.1 Å². The predicted molar refractivity (Wildman–Crippen MR) is 212 cm³/mol. The number of carbonyl (C=O) groups is 2. The summed E-state index contributed by atoms with van der Waals surface area (Å²) in [5.74, 6) is 0.0583. The van der Waals surface area contributed by atoms with Crippen LogP contribution < -0.4 is 0 Å². The van der Waals surface area contributed by atoms with E-state index >= 15 is 0 Å². The number of ether oxygens (including phenoxy) is 1. The molecule has 7 nitrogen and oxygen atoms in total. The fraction of sp³-hybridized carbons (Fsp3) is 0.213. The lowest BCUT2D eigenvalue weighted by molar-refractivity contribution is -0.136. The predicted octanol–water partition coefficient (Wildman–Crippen LogP) is 9.51. The van der Waals surface area contributed by atoms with Crippen LogP contribution in [-0.4, -0.2) is 37.4 Å². The molecular weight excluding hydrogens is 669 g/mol. The molecule has 0 radical (unpaired) electrons. The highest BCUT2D eigenvalue weighted by molar-refractivity contribution is 5.89. The topological polar surface area (TPSA) is 67.7 Å². The van der Waals surface area contributed by atoms with Crippen molar-refractivity contribution in [1.82, 2.24) is 19.4 Å². The van der Waals surface area contributed by atoms with Gasteiger partial charge in [0.25, 0.3) is 5.91 Å². The van der Waals surface area contributed by atoms with E-state index in [1.54, 1.807) is 0 Å². The van der Waals surface area contributed by atoms with Crippen molar-refractivity contribution in [2.45, 2.75) is 58.3 Å². The highest BCUT2D eigenvalue weighted by Crippen LogP contribution is 2.42. The van der Waals surface area contributed by atoms with E-state index in [9.17, 15) is 9.59 Å². The fourth-order valence-electron chi connectivity index (χ4n) is 7.56. The molecule has 0 saturated carbocycles. The first-order valence-electron chi connectivity index (χ1n) is 18.6. The van der Waals surface area contributed by atoms with E-state index in [1.807, 2.05) is 96.3 Å². The van der Waals surface area contributed by atoms with E-state index in [1.165, 1.54) is 4.90 Å². The van der Waals surface area contributed by atoms with Crippen molar-refractivity contribution in [3.05, 3.63) is 209 Å². The lowest BCUT2D eigenvalue weighted by atomic mass is 9.76. The maximum Gasteiger partial charge on any atom is 0.414 e. The number of benzene rings is 5. The van der Waals surface area contributed by atoms with Gasteiger partial charge in [0, 0.05) is 24.0 Å². The van der Waals surface area contributed by atoms with Crippen LogP contribution in [0.15, 0.2) is 170 Å². The first-order chi connectivity index (χ1) is 26.4. The SMILES string of the molecule is Cc1c(CN2C(=O)[C@H](Cc3ccccc3)N(C(=O)OCc3ccccc3)C=C2CC(C)C)ncn1C(c1ccccc1)(c1ccccc1)c1ccccc1. The molecule has 1 aliphatic heterocycles. The van der Waals surface area contributed by atoms with Gasteiger partial charge in [0.2, 0.25) is 0 Å². The number of rotatable bonds is 12. The molecule has 5 aromatic carbocycles. The zero-order chi connectivity index (χ0) is 37.5. The van der Waals surface area contributed by atoms with Crippen LogP contribution in [0.25, 0.3) is 0 Å². The number of carbonyl (C=O) groups excluding carboxylic acids is 2. The Hall–Kier alpha value is -6.21. The number of aromatic nitrogens is 2. The van der Waals surface area contributed by atoms with Crippen molar-refractivity contribution in [3.8, 4) is 0 Å². The molecule has 0 aliphatic carbocycles. The Bertz CT molecular complexity index is 2090. The summed E-state index contributed by atoms with van der Waals surface area (Å²) in [5, 5.41) is 0. The molecular formula is C47H46N4O3. The van der Waals surface area contributed by atoms with E-state index in [-0.39, 0.29) is 25.0 Å². The summed E-state index contributed by atoms with van der Waals surface area (Å²) in [7, 11) is 0. The summed E-state index contributed by atoms with van der Waals surface area (Å²) in [4.78, 5) is 37.2. The van der Waals surface area contributed by atoms with Crippen LogP contribution in [0, 0.1) is 12.8 Å². The van der Waals surface area contributed by atoms with Crippen LogP contribution in [0.4, 0.5) is 4.79 Å². The van der Waals surface area contributed by atoms with Gasteiger partial charge in [-0.2, -0.15) is 0 Å². The van der Waals surface area contributed by atoms with E-state index < -0.39 is 17.7 Å². The quantitative estimate of drug-likeness (QED) is 0.119. The van der Waals surface area contributed by atoms with Crippen molar-refractivity contribution >= 4 is 12.0 Å². The molecule has 0 spiro atoms. The molecule has 2 heterocycles. The van der Waals surface area contributed by atoms with E-state index in [0.29, 0.717) is 12.8 Å². The number of imidazole rings is 1. The molecule has 0 N–H and O–H groups in total. The van der Waals surface area contributed by atoms with Crippen LogP contribution in [-0.2, 0) is 34.6 Å². The van der Waals surface area contributed by atoms with Gasteiger partial charge in [-0.3, -0.25) is 9.69 Å². The van der Waals surface area contributed by atoms with Crippen LogP contribution in [0.5, 0.6) is 0 Å². The molecule has 2 amide bonds. The standard InChI is InChI=1S/C47H46N4O3/c1-35(2)29-42-31-50(46(53)54-33-38-21-11-5-12-22-38)44(30-37-19-9-4-10-20-37)45(52)49(42)32-43-36(3)51(34-48-43)47(39-23-13-6-14-24-39,40-25-15-7-16-26-40)41-27-17-8-18-28-41/h4-28,31,34-35,44H,29-30,32-33H2,1-3H3/t44-/m0/s1. The van der Waals surface area contributed by atoms with E-state index in [0.717, 1.165) is 44.9 Å². The van der Waals surface area contributed by atoms with Gasteiger partial charge < -0.3 is 14.2 Å². The number of allylic oxidation sites excluding steroid dienone is 1. The fourth-order valence-corrected chi connectivity index (χ4v) is 7.56. The monoisotopic (exact) mass is 714 g/mol. The first-order valence-corrected chi connectivity index (χ1v) is 18.6. The van der Waals surface area contributed by atoms with Gasteiger partial charge >= 0.3 is 6.09 Å². The summed E-state index contributed by atoms with van der Waals surface area (Å²) in [6, 6.07) is 50.1. The number of nitrogens with zero attached hydrogens (tertiary/aromatic N) is 4. The van der Waals surface area contributed by atoms with Gasteiger partial charge in [0.15, 0.2) is 0 Å². The minimum Gasteiger partial charge on any atom is -0.444 e. The van der Waals surface area contributed by atoms with Crippen molar-refractivity contribution in [3.63, 3.8) is 0 Å². The van der Waals surface area contributed by atoms with Gasteiger partial charge in [0.05, 0.1) is 18.6 Å². The van der Waals surface area contributed by atoms with Crippen LogP contribution >= 0.6 is 0 Å². The van der Waals surface area contributed by atoms with Crippen LogP contribution in [0.1, 0.15) is 59.5 Å². The molecule has 54 heavy (non-hydrogen) atoms. The number of amides is 2.